The minimum atomic E-state index is -3.59. The smallest absolute Gasteiger partial charge is 0.239 e. The van der Waals surface area contributed by atoms with E-state index in [0.29, 0.717) is 6.54 Å². The monoisotopic (exact) mass is 231 g/mol. The van der Waals surface area contributed by atoms with Crippen LogP contribution in [0.1, 0.15) is 19.5 Å². The standard InChI is InChI=1S/C9H17N3O2S/c1-3-11-6-8-5-9(15(10,13)14)7-12(8)4-2/h5,7,11H,3-4,6H2,1-2H3,(H2,10,13,14). The van der Waals surface area contributed by atoms with Gasteiger partial charge in [-0.15, -0.1) is 0 Å². The molecule has 6 heteroatoms. The Morgan fingerprint density at radius 1 is 1.47 bits per heavy atom. The van der Waals surface area contributed by atoms with Crippen LogP contribution < -0.4 is 10.5 Å². The number of primary sulfonamides is 1. The molecule has 15 heavy (non-hydrogen) atoms. The molecule has 0 aliphatic heterocycles. The van der Waals surface area contributed by atoms with Crippen molar-refractivity contribution in [3.63, 3.8) is 0 Å². The minimum Gasteiger partial charge on any atom is -0.349 e. The average Bonchev–Trinajstić information content (AvgIpc) is 2.57. The van der Waals surface area contributed by atoms with E-state index in [1.807, 2.05) is 18.4 Å². The maximum Gasteiger partial charge on any atom is 0.239 e. The van der Waals surface area contributed by atoms with Gasteiger partial charge in [-0.2, -0.15) is 0 Å². The van der Waals surface area contributed by atoms with Crippen LogP contribution in [-0.2, 0) is 23.1 Å². The lowest BCUT2D eigenvalue weighted by atomic mass is 10.4. The summed E-state index contributed by atoms with van der Waals surface area (Å²) in [4.78, 5) is 0.178. The first kappa shape index (κ1) is 12.2. The largest absolute Gasteiger partial charge is 0.349 e. The van der Waals surface area contributed by atoms with Crippen LogP contribution in [-0.4, -0.2) is 19.5 Å². The second-order valence-corrected chi connectivity index (χ2v) is 4.84. The van der Waals surface area contributed by atoms with Crippen molar-refractivity contribution in [2.24, 2.45) is 5.14 Å². The number of aromatic nitrogens is 1. The molecular weight excluding hydrogens is 214 g/mol. The van der Waals surface area contributed by atoms with E-state index in [2.05, 4.69) is 5.32 Å². The number of hydrogen-bond acceptors (Lipinski definition) is 3. The summed E-state index contributed by atoms with van der Waals surface area (Å²) in [6.07, 6.45) is 1.57. The van der Waals surface area contributed by atoms with Gasteiger partial charge >= 0.3 is 0 Å². The molecule has 0 bridgehead atoms. The maximum atomic E-state index is 11.1. The number of nitrogens with zero attached hydrogens (tertiary/aromatic N) is 1. The Bertz CT molecular complexity index is 423. The van der Waals surface area contributed by atoms with Gasteiger partial charge in [0.05, 0.1) is 4.90 Å². The fourth-order valence-electron chi connectivity index (χ4n) is 1.38. The maximum absolute atomic E-state index is 11.1. The second-order valence-electron chi connectivity index (χ2n) is 3.28. The highest BCUT2D eigenvalue weighted by Crippen LogP contribution is 2.12. The van der Waals surface area contributed by atoms with Gasteiger partial charge in [0.1, 0.15) is 0 Å². The van der Waals surface area contributed by atoms with Crippen LogP contribution in [0, 0.1) is 0 Å². The lowest BCUT2D eigenvalue weighted by Crippen LogP contribution is -2.14. The molecule has 1 heterocycles. The van der Waals surface area contributed by atoms with Crippen molar-refractivity contribution in [3.8, 4) is 0 Å². The fourth-order valence-corrected chi connectivity index (χ4v) is 1.95. The zero-order chi connectivity index (χ0) is 11.5. The van der Waals surface area contributed by atoms with Gasteiger partial charge in [0.25, 0.3) is 0 Å². The summed E-state index contributed by atoms with van der Waals surface area (Å²) in [5.41, 5.74) is 0.934. The second kappa shape index (κ2) is 4.78. The number of sulfonamides is 1. The molecule has 86 valence electrons. The Morgan fingerprint density at radius 2 is 2.13 bits per heavy atom. The molecule has 1 aromatic rings. The van der Waals surface area contributed by atoms with Crippen LogP contribution in [0.25, 0.3) is 0 Å². The minimum absolute atomic E-state index is 0.178. The fraction of sp³-hybridized carbons (Fsp3) is 0.556. The first-order valence-corrected chi connectivity index (χ1v) is 6.46. The summed E-state index contributed by atoms with van der Waals surface area (Å²) in [6.45, 7) is 6.19. The third kappa shape index (κ3) is 3.05. The van der Waals surface area contributed by atoms with Gasteiger partial charge in [-0.25, -0.2) is 13.6 Å². The summed E-state index contributed by atoms with van der Waals surface area (Å²) >= 11 is 0. The summed E-state index contributed by atoms with van der Waals surface area (Å²) in [5, 5.41) is 8.21. The number of hydrogen-bond donors (Lipinski definition) is 2. The molecule has 0 aromatic carbocycles. The summed E-state index contributed by atoms with van der Waals surface area (Å²) in [7, 11) is -3.59. The molecule has 0 saturated heterocycles. The Kier molecular flexibility index (Phi) is 3.90. The number of nitrogens with two attached hydrogens (primary N) is 1. The molecule has 0 fully saturated rings. The highest BCUT2D eigenvalue weighted by atomic mass is 32.2. The molecular formula is C9H17N3O2S. The van der Waals surface area contributed by atoms with Crippen molar-refractivity contribution in [1.82, 2.24) is 9.88 Å². The van der Waals surface area contributed by atoms with Crippen molar-refractivity contribution in [2.75, 3.05) is 6.54 Å². The first-order chi connectivity index (χ1) is 6.99. The van der Waals surface area contributed by atoms with E-state index in [9.17, 15) is 8.42 Å². The number of aryl methyl sites for hydroxylation is 1. The molecule has 5 nitrogen and oxygen atoms in total. The number of nitrogens with one attached hydrogen (secondary N) is 1. The van der Waals surface area contributed by atoms with Crippen LogP contribution in [0.4, 0.5) is 0 Å². The quantitative estimate of drug-likeness (QED) is 0.763. The van der Waals surface area contributed by atoms with Crippen LogP contribution in [0.3, 0.4) is 0 Å². The van der Waals surface area contributed by atoms with Crippen LogP contribution in [0.2, 0.25) is 0 Å². The SMILES string of the molecule is CCNCc1cc(S(N)(=O)=O)cn1CC. The van der Waals surface area contributed by atoms with Gasteiger partial charge in [0, 0.05) is 25.0 Å². The van der Waals surface area contributed by atoms with Crippen molar-refractivity contribution >= 4 is 10.0 Å². The molecule has 1 aromatic heterocycles. The molecule has 0 amide bonds. The van der Waals surface area contributed by atoms with E-state index < -0.39 is 10.0 Å². The van der Waals surface area contributed by atoms with Gasteiger partial charge < -0.3 is 9.88 Å². The van der Waals surface area contributed by atoms with Gasteiger partial charge in [-0.3, -0.25) is 0 Å². The normalized spacial score (nSPS) is 11.9. The van der Waals surface area contributed by atoms with Gasteiger partial charge in [0.2, 0.25) is 10.0 Å². The predicted molar refractivity (Wildman–Crippen MR) is 58.9 cm³/mol. The van der Waals surface area contributed by atoms with E-state index in [-0.39, 0.29) is 4.90 Å². The molecule has 3 N–H and O–H groups in total. The van der Waals surface area contributed by atoms with Gasteiger partial charge in [-0.05, 0) is 19.5 Å². The van der Waals surface area contributed by atoms with E-state index in [4.69, 9.17) is 5.14 Å². The van der Waals surface area contributed by atoms with Gasteiger partial charge in [0.15, 0.2) is 0 Å². The topological polar surface area (TPSA) is 77.1 Å². The Hall–Kier alpha value is -0.850. The van der Waals surface area contributed by atoms with Crippen LogP contribution in [0.5, 0.6) is 0 Å². The van der Waals surface area contributed by atoms with Crippen molar-refractivity contribution in [3.05, 3.63) is 18.0 Å². The summed E-state index contributed by atoms with van der Waals surface area (Å²) in [5.74, 6) is 0. The number of rotatable bonds is 5. The van der Waals surface area contributed by atoms with Crippen LogP contribution in [0.15, 0.2) is 17.2 Å². The Labute approximate surface area is 90.3 Å². The molecule has 1 rings (SSSR count). The third-order valence-electron chi connectivity index (χ3n) is 2.19. The molecule has 0 spiro atoms. The summed E-state index contributed by atoms with van der Waals surface area (Å²) < 4.78 is 24.1. The average molecular weight is 231 g/mol. The molecule has 0 aliphatic rings. The third-order valence-corrected chi connectivity index (χ3v) is 3.07. The first-order valence-electron chi connectivity index (χ1n) is 4.91. The highest BCUT2D eigenvalue weighted by molar-refractivity contribution is 7.89. The molecule has 0 aliphatic carbocycles. The van der Waals surface area contributed by atoms with Crippen molar-refractivity contribution in [1.29, 1.82) is 0 Å². The molecule has 0 unspecified atom stereocenters. The molecule has 0 atom stereocenters. The molecule has 0 radical (unpaired) electrons. The van der Waals surface area contributed by atoms with Crippen molar-refractivity contribution < 1.29 is 8.42 Å². The zero-order valence-corrected chi connectivity index (χ0v) is 9.84. The molecule has 0 saturated carbocycles. The van der Waals surface area contributed by atoms with E-state index in [1.165, 1.54) is 0 Å². The highest BCUT2D eigenvalue weighted by Gasteiger charge is 2.12. The van der Waals surface area contributed by atoms with Gasteiger partial charge in [-0.1, -0.05) is 6.92 Å². The summed E-state index contributed by atoms with van der Waals surface area (Å²) in [6, 6.07) is 1.61. The van der Waals surface area contributed by atoms with E-state index >= 15 is 0 Å². The zero-order valence-electron chi connectivity index (χ0n) is 9.03. The lowest BCUT2D eigenvalue weighted by Gasteiger charge is -2.05. The van der Waals surface area contributed by atoms with E-state index in [0.717, 1.165) is 18.8 Å². The van der Waals surface area contributed by atoms with Crippen LogP contribution >= 0.6 is 0 Å². The Morgan fingerprint density at radius 3 is 2.60 bits per heavy atom. The predicted octanol–water partition coefficient (Wildman–Crippen LogP) is 0.265. The Balaban J connectivity index is 3.01. The van der Waals surface area contributed by atoms with E-state index in [1.54, 1.807) is 12.3 Å². The van der Waals surface area contributed by atoms with Crippen molar-refractivity contribution in [2.45, 2.75) is 31.8 Å². The lowest BCUT2D eigenvalue weighted by molar-refractivity contribution is 0.597.